The molecule has 4 atom stereocenters. The first-order valence-corrected chi connectivity index (χ1v) is 7.06. The molecule has 1 aliphatic carbocycles. The van der Waals surface area contributed by atoms with Gasteiger partial charge in [-0.1, -0.05) is 26.2 Å². The minimum absolute atomic E-state index is 0.184. The zero-order chi connectivity index (χ0) is 12.0. The summed E-state index contributed by atoms with van der Waals surface area (Å²) in [4.78, 5) is 0. The summed E-state index contributed by atoms with van der Waals surface area (Å²) in [5, 5.41) is 13.0. The summed E-state index contributed by atoms with van der Waals surface area (Å²) in [6, 6.07) is 1.13. The van der Waals surface area contributed by atoms with Gasteiger partial charge in [0.15, 0.2) is 0 Å². The lowest BCUT2D eigenvalue weighted by molar-refractivity contribution is 0.167. The molecule has 0 aromatic carbocycles. The monoisotopic (exact) mass is 227 g/mol. The number of nitrogens with one attached hydrogen (secondary N) is 1. The molecule has 2 heteroatoms. The molecule has 0 aliphatic heterocycles. The first-order chi connectivity index (χ1) is 7.61. The average molecular weight is 227 g/mol. The van der Waals surface area contributed by atoms with Crippen LogP contribution in [0.5, 0.6) is 0 Å². The Morgan fingerprint density at radius 1 is 1.19 bits per heavy atom. The Balaban J connectivity index is 2.26. The van der Waals surface area contributed by atoms with E-state index in [-0.39, 0.29) is 6.10 Å². The van der Waals surface area contributed by atoms with Crippen LogP contribution in [0.15, 0.2) is 0 Å². The third-order valence-electron chi connectivity index (χ3n) is 3.88. The highest BCUT2D eigenvalue weighted by Crippen LogP contribution is 2.25. The molecule has 96 valence electrons. The van der Waals surface area contributed by atoms with Gasteiger partial charge in [0.05, 0.1) is 6.10 Å². The molecule has 1 rings (SSSR count). The molecule has 1 fully saturated rings. The normalized spacial score (nSPS) is 30.8. The molecule has 0 saturated heterocycles. The van der Waals surface area contributed by atoms with Crippen LogP contribution in [0.3, 0.4) is 0 Å². The van der Waals surface area contributed by atoms with E-state index in [9.17, 15) is 5.11 Å². The van der Waals surface area contributed by atoms with E-state index < -0.39 is 0 Å². The summed E-state index contributed by atoms with van der Waals surface area (Å²) in [5.41, 5.74) is 0. The first kappa shape index (κ1) is 14.0. The van der Waals surface area contributed by atoms with E-state index >= 15 is 0 Å². The Kier molecular flexibility index (Phi) is 6.37. The molecule has 0 spiro atoms. The maximum Gasteiger partial charge on any atom is 0.0526 e. The Morgan fingerprint density at radius 2 is 1.94 bits per heavy atom. The second-order valence-corrected chi connectivity index (χ2v) is 5.63. The molecule has 0 amide bonds. The van der Waals surface area contributed by atoms with Gasteiger partial charge in [0, 0.05) is 12.1 Å². The Hall–Kier alpha value is -0.0800. The van der Waals surface area contributed by atoms with E-state index in [1.165, 1.54) is 38.5 Å². The lowest BCUT2D eigenvalue weighted by Gasteiger charge is -2.23. The Labute approximate surface area is 101 Å². The third-order valence-corrected chi connectivity index (χ3v) is 3.88. The molecule has 0 aromatic heterocycles. The topological polar surface area (TPSA) is 32.3 Å². The summed E-state index contributed by atoms with van der Waals surface area (Å²) in [6.07, 6.45) is 8.84. The minimum Gasteiger partial charge on any atom is -0.393 e. The molecule has 0 radical (unpaired) electrons. The quantitative estimate of drug-likeness (QED) is 0.707. The van der Waals surface area contributed by atoms with Gasteiger partial charge in [-0.2, -0.15) is 0 Å². The largest absolute Gasteiger partial charge is 0.393 e. The zero-order valence-electron chi connectivity index (χ0n) is 11.2. The van der Waals surface area contributed by atoms with Crippen LogP contribution in [-0.2, 0) is 0 Å². The van der Waals surface area contributed by atoms with Crippen molar-refractivity contribution in [1.82, 2.24) is 5.32 Å². The van der Waals surface area contributed by atoms with Crippen LogP contribution in [0.1, 0.15) is 65.7 Å². The van der Waals surface area contributed by atoms with Gasteiger partial charge in [-0.15, -0.1) is 0 Å². The molecular formula is C14H29NO. The molecule has 2 N–H and O–H groups in total. The molecule has 0 aromatic rings. The van der Waals surface area contributed by atoms with Crippen LogP contribution in [0.4, 0.5) is 0 Å². The maximum atomic E-state index is 9.35. The zero-order valence-corrected chi connectivity index (χ0v) is 11.2. The van der Waals surface area contributed by atoms with Crippen molar-refractivity contribution in [1.29, 1.82) is 0 Å². The average Bonchev–Trinajstić information content (AvgIpc) is 2.41. The van der Waals surface area contributed by atoms with Crippen molar-refractivity contribution in [3.63, 3.8) is 0 Å². The highest BCUT2D eigenvalue weighted by Gasteiger charge is 2.19. The lowest BCUT2D eigenvalue weighted by Crippen LogP contribution is -2.37. The van der Waals surface area contributed by atoms with Gasteiger partial charge in [0.1, 0.15) is 0 Å². The van der Waals surface area contributed by atoms with Crippen LogP contribution in [0.2, 0.25) is 0 Å². The van der Waals surface area contributed by atoms with Crippen LogP contribution in [0, 0.1) is 5.92 Å². The summed E-state index contributed by atoms with van der Waals surface area (Å²) < 4.78 is 0. The minimum atomic E-state index is -0.184. The van der Waals surface area contributed by atoms with Crippen molar-refractivity contribution < 1.29 is 5.11 Å². The lowest BCUT2D eigenvalue weighted by atomic mass is 9.97. The molecular weight excluding hydrogens is 198 g/mol. The molecule has 1 aliphatic rings. The van der Waals surface area contributed by atoms with Gasteiger partial charge >= 0.3 is 0 Å². The van der Waals surface area contributed by atoms with E-state index in [1.54, 1.807) is 0 Å². The summed E-state index contributed by atoms with van der Waals surface area (Å²) in [7, 11) is 0. The third kappa shape index (κ3) is 5.31. The summed E-state index contributed by atoms with van der Waals surface area (Å²) in [5.74, 6) is 0.957. The van der Waals surface area contributed by atoms with Gasteiger partial charge in [-0.05, 0) is 45.4 Å². The predicted molar refractivity (Wildman–Crippen MR) is 69.5 cm³/mol. The van der Waals surface area contributed by atoms with Gasteiger partial charge in [0.2, 0.25) is 0 Å². The molecule has 2 nitrogen and oxygen atoms in total. The number of hydrogen-bond acceptors (Lipinski definition) is 2. The Morgan fingerprint density at radius 3 is 2.56 bits per heavy atom. The van der Waals surface area contributed by atoms with Gasteiger partial charge in [0.25, 0.3) is 0 Å². The number of aliphatic hydroxyl groups excluding tert-OH is 1. The number of hydrogen-bond donors (Lipinski definition) is 2. The maximum absolute atomic E-state index is 9.35. The SMILES string of the molecule is CCC1CCCC(NC(C)CC(C)O)CC1. The highest BCUT2D eigenvalue weighted by molar-refractivity contribution is 4.77. The van der Waals surface area contributed by atoms with Crippen molar-refractivity contribution in [2.75, 3.05) is 0 Å². The van der Waals surface area contributed by atoms with E-state index in [2.05, 4.69) is 19.2 Å². The number of rotatable bonds is 5. The fraction of sp³-hybridized carbons (Fsp3) is 1.00. The first-order valence-electron chi connectivity index (χ1n) is 7.06. The standard InChI is InChI=1S/C14H29NO/c1-4-13-6-5-7-14(9-8-13)15-11(2)10-12(3)16/h11-16H,4-10H2,1-3H3. The van der Waals surface area contributed by atoms with E-state index in [1.807, 2.05) is 6.92 Å². The smallest absolute Gasteiger partial charge is 0.0526 e. The second-order valence-electron chi connectivity index (χ2n) is 5.63. The van der Waals surface area contributed by atoms with Crippen LogP contribution < -0.4 is 5.32 Å². The molecule has 0 heterocycles. The van der Waals surface area contributed by atoms with Crippen molar-refractivity contribution in [3.8, 4) is 0 Å². The van der Waals surface area contributed by atoms with E-state index in [0.29, 0.717) is 12.1 Å². The van der Waals surface area contributed by atoms with Crippen molar-refractivity contribution in [3.05, 3.63) is 0 Å². The molecule has 1 saturated carbocycles. The fourth-order valence-electron chi connectivity index (χ4n) is 2.94. The predicted octanol–water partition coefficient (Wildman–Crippen LogP) is 3.09. The van der Waals surface area contributed by atoms with Crippen molar-refractivity contribution >= 4 is 0 Å². The molecule has 4 unspecified atom stereocenters. The van der Waals surface area contributed by atoms with Crippen LogP contribution in [0.25, 0.3) is 0 Å². The number of aliphatic hydroxyl groups is 1. The fourth-order valence-corrected chi connectivity index (χ4v) is 2.94. The highest BCUT2D eigenvalue weighted by atomic mass is 16.3. The molecule has 0 bridgehead atoms. The van der Waals surface area contributed by atoms with Gasteiger partial charge < -0.3 is 10.4 Å². The summed E-state index contributed by atoms with van der Waals surface area (Å²) >= 11 is 0. The van der Waals surface area contributed by atoms with Crippen LogP contribution >= 0.6 is 0 Å². The van der Waals surface area contributed by atoms with Gasteiger partial charge in [-0.25, -0.2) is 0 Å². The second kappa shape index (κ2) is 7.29. The molecule has 16 heavy (non-hydrogen) atoms. The van der Waals surface area contributed by atoms with E-state index in [4.69, 9.17) is 0 Å². The van der Waals surface area contributed by atoms with Crippen molar-refractivity contribution in [2.45, 2.75) is 83.9 Å². The van der Waals surface area contributed by atoms with Crippen LogP contribution in [-0.4, -0.2) is 23.3 Å². The summed E-state index contributed by atoms with van der Waals surface area (Å²) in [6.45, 7) is 6.38. The van der Waals surface area contributed by atoms with Gasteiger partial charge in [-0.3, -0.25) is 0 Å². The van der Waals surface area contributed by atoms with E-state index in [0.717, 1.165) is 12.3 Å². The van der Waals surface area contributed by atoms with Crippen molar-refractivity contribution in [2.24, 2.45) is 5.92 Å². The Bertz CT molecular complexity index is 182.